The third-order valence-electron chi connectivity index (χ3n) is 7.73. The molecule has 38 heavy (non-hydrogen) atoms. The van der Waals surface area contributed by atoms with Crippen LogP contribution in [0.5, 0.6) is 0 Å². The van der Waals surface area contributed by atoms with Gasteiger partial charge in [0.15, 0.2) is 0 Å². The summed E-state index contributed by atoms with van der Waals surface area (Å²) < 4.78 is 84.9. The summed E-state index contributed by atoms with van der Waals surface area (Å²) in [6.45, 7) is 3.90. The Morgan fingerprint density at radius 3 is 2.53 bits per heavy atom. The quantitative estimate of drug-likeness (QED) is 0.337. The van der Waals surface area contributed by atoms with Crippen molar-refractivity contribution in [3.63, 3.8) is 0 Å². The monoisotopic (exact) mass is 538 g/mol. The van der Waals surface area contributed by atoms with Gasteiger partial charge in [-0.25, -0.2) is 8.78 Å². The van der Waals surface area contributed by atoms with E-state index in [0.29, 0.717) is 31.6 Å². The van der Waals surface area contributed by atoms with Gasteiger partial charge in [-0.2, -0.15) is 13.2 Å². The molecule has 3 heterocycles. The molecule has 0 radical (unpaired) electrons. The van der Waals surface area contributed by atoms with Crippen molar-refractivity contribution in [1.29, 1.82) is 0 Å². The summed E-state index contributed by atoms with van der Waals surface area (Å²) in [7, 11) is 0. The number of nitrogens with one attached hydrogen (secondary N) is 2. The molecular formula is C28H32F6N4. The van der Waals surface area contributed by atoms with E-state index in [1.54, 1.807) is 6.92 Å². The molecule has 3 aromatic rings. The second kappa shape index (κ2) is 10.4. The number of nitrogens with zero attached hydrogens (tertiary/aromatic N) is 2. The Kier molecular flexibility index (Phi) is 7.39. The first-order chi connectivity index (χ1) is 18.0. The van der Waals surface area contributed by atoms with Crippen molar-refractivity contribution in [2.75, 3.05) is 38.2 Å². The van der Waals surface area contributed by atoms with Crippen molar-refractivity contribution in [1.82, 2.24) is 14.8 Å². The van der Waals surface area contributed by atoms with Gasteiger partial charge < -0.3 is 15.2 Å². The summed E-state index contributed by atoms with van der Waals surface area (Å²) in [5.74, 6) is -1.79. The Labute approximate surface area is 218 Å². The summed E-state index contributed by atoms with van der Waals surface area (Å²) >= 11 is 0. The third-order valence-corrected chi connectivity index (χ3v) is 7.73. The molecule has 0 saturated carbocycles. The van der Waals surface area contributed by atoms with Crippen LogP contribution in [0.3, 0.4) is 0 Å². The minimum Gasteiger partial charge on any atom is -0.381 e. The Bertz CT molecular complexity index is 1280. The number of alkyl halides is 4. The summed E-state index contributed by atoms with van der Waals surface area (Å²) in [6.07, 6.45) is -3.03. The van der Waals surface area contributed by atoms with Gasteiger partial charge in [-0.3, -0.25) is 9.29 Å². The van der Waals surface area contributed by atoms with Gasteiger partial charge in [-0.05, 0) is 62.4 Å². The maximum atomic E-state index is 15.7. The first kappa shape index (κ1) is 26.9. The second-order valence-corrected chi connectivity index (χ2v) is 10.6. The van der Waals surface area contributed by atoms with Crippen molar-refractivity contribution in [3.05, 3.63) is 64.4 Å². The van der Waals surface area contributed by atoms with E-state index < -0.39 is 48.7 Å². The van der Waals surface area contributed by atoms with Crippen LogP contribution >= 0.6 is 0 Å². The van der Waals surface area contributed by atoms with E-state index in [1.165, 1.54) is 12.1 Å². The number of halogens is 6. The van der Waals surface area contributed by atoms with E-state index in [1.807, 2.05) is 25.1 Å². The van der Waals surface area contributed by atoms with E-state index in [-0.39, 0.29) is 11.7 Å². The van der Waals surface area contributed by atoms with Crippen LogP contribution in [0.2, 0.25) is 0 Å². The largest absolute Gasteiger partial charge is 0.401 e. The van der Waals surface area contributed by atoms with Crippen LogP contribution in [-0.4, -0.2) is 65.9 Å². The molecule has 0 bridgehead atoms. The van der Waals surface area contributed by atoms with E-state index in [2.05, 4.69) is 15.2 Å². The molecule has 0 spiro atoms. The van der Waals surface area contributed by atoms with Crippen LogP contribution in [0.4, 0.5) is 32.0 Å². The van der Waals surface area contributed by atoms with Crippen molar-refractivity contribution < 1.29 is 26.3 Å². The maximum absolute atomic E-state index is 15.7. The average molecular weight is 539 g/mol. The molecule has 1 saturated heterocycles. The minimum absolute atomic E-state index is 0.0563. The summed E-state index contributed by atoms with van der Waals surface area (Å²) in [6, 6.07) is 6.13. The van der Waals surface area contributed by atoms with Crippen LogP contribution in [0.1, 0.15) is 48.2 Å². The fourth-order valence-corrected chi connectivity index (χ4v) is 6.04. The molecule has 2 N–H and O–H groups in total. The highest BCUT2D eigenvalue weighted by Crippen LogP contribution is 2.44. The molecule has 206 valence electrons. The molecule has 0 aliphatic carbocycles. The highest BCUT2D eigenvalue weighted by atomic mass is 19.4. The molecule has 5 rings (SSSR count). The van der Waals surface area contributed by atoms with Gasteiger partial charge in [-0.1, -0.05) is 12.1 Å². The number of fused-ring (bicyclic) bond motifs is 3. The molecule has 3 atom stereocenters. The van der Waals surface area contributed by atoms with Crippen LogP contribution in [0.15, 0.2) is 30.3 Å². The molecule has 2 unspecified atom stereocenters. The minimum atomic E-state index is -4.54. The summed E-state index contributed by atoms with van der Waals surface area (Å²) in [5.41, 5.74) is 2.73. The Morgan fingerprint density at radius 1 is 1.11 bits per heavy atom. The molecule has 10 heteroatoms. The van der Waals surface area contributed by atoms with E-state index in [0.717, 1.165) is 39.9 Å². The lowest BCUT2D eigenvalue weighted by Crippen LogP contribution is -2.47. The summed E-state index contributed by atoms with van der Waals surface area (Å²) in [4.78, 5) is 6.43. The molecule has 1 fully saturated rings. The van der Waals surface area contributed by atoms with Crippen molar-refractivity contribution in [2.45, 2.75) is 57.4 Å². The molecular weight excluding hydrogens is 506 g/mol. The number of anilines is 1. The van der Waals surface area contributed by atoms with Crippen molar-refractivity contribution in [3.8, 4) is 0 Å². The van der Waals surface area contributed by atoms with Gasteiger partial charge in [0, 0.05) is 59.6 Å². The number of hydrogen-bond acceptors (Lipinski definition) is 3. The number of aryl methyl sites for hydroxylation is 1. The molecule has 2 aliphatic heterocycles. The number of likely N-dealkylation sites (tertiary alicyclic amines) is 1. The number of benzene rings is 2. The van der Waals surface area contributed by atoms with Crippen molar-refractivity contribution >= 4 is 16.6 Å². The zero-order valence-corrected chi connectivity index (χ0v) is 21.4. The fraction of sp³-hybridized carbons (Fsp3) is 0.500. The van der Waals surface area contributed by atoms with Crippen LogP contribution < -0.4 is 5.32 Å². The molecule has 4 nitrogen and oxygen atoms in total. The lowest BCUT2D eigenvalue weighted by atomic mass is 9.88. The van der Waals surface area contributed by atoms with Gasteiger partial charge in [0.25, 0.3) is 0 Å². The van der Waals surface area contributed by atoms with Gasteiger partial charge in [0.1, 0.15) is 11.6 Å². The predicted molar refractivity (Wildman–Crippen MR) is 136 cm³/mol. The summed E-state index contributed by atoms with van der Waals surface area (Å²) in [5, 5.41) is 4.00. The standard InChI is InChI=1S/C28H32F6N4/c1-16-4-5-20-21-11-17(2)38(15-28(32,33)34)27(26(21)36-24(20)10-16)25-22(30)12-19(13-23(25)31)35-18-6-9-37(14-18)8-3-7-29/h4-5,10,12-13,17-18,27,35-36H,3,6-9,11,14-15H2,1-2H3/t17-,18?,27?/m1/s1. The van der Waals surface area contributed by atoms with Crippen LogP contribution in [-0.2, 0) is 6.42 Å². The van der Waals surface area contributed by atoms with Crippen LogP contribution in [0, 0.1) is 18.6 Å². The zero-order chi connectivity index (χ0) is 27.2. The SMILES string of the molecule is Cc1ccc2c3c([nH]c2c1)C(c1c(F)cc(NC2CCN(CCCF)C2)cc1F)N(CC(F)(F)F)[C@H](C)C3. The first-order valence-electron chi connectivity index (χ1n) is 13.0. The van der Waals surface area contributed by atoms with Gasteiger partial charge in [-0.15, -0.1) is 0 Å². The number of H-pyrrole nitrogens is 1. The highest BCUT2D eigenvalue weighted by molar-refractivity contribution is 5.86. The van der Waals surface area contributed by atoms with E-state index in [4.69, 9.17) is 0 Å². The van der Waals surface area contributed by atoms with Gasteiger partial charge in [0.05, 0.1) is 19.3 Å². The molecule has 1 aromatic heterocycles. The Morgan fingerprint density at radius 2 is 1.84 bits per heavy atom. The smallest absolute Gasteiger partial charge is 0.381 e. The van der Waals surface area contributed by atoms with Crippen molar-refractivity contribution in [2.24, 2.45) is 0 Å². The zero-order valence-electron chi connectivity index (χ0n) is 21.4. The number of rotatable bonds is 7. The lowest BCUT2D eigenvalue weighted by molar-refractivity contribution is -0.155. The third kappa shape index (κ3) is 5.38. The van der Waals surface area contributed by atoms with Gasteiger partial charge in [0.2, 0.25) is 0 Å². The predicted octanol–water partition coefficient (Wildman–Crippen LogP) is 6.50. The van der Waals surface area contributed by atoms with E-state index in [9.17, 15) is 17.6 Å². The topological polar surface area (TPSA) is 34.3 Å². The number of hydrogen-bond donors (Lipinski definition) is 2. The maximum Gasteiger partial charge on any atom is 0.401 e. The highest BCUT2D eigenvalue weighted by Gasteiger charge is 2.43. The fourth-order valence-electron chi connectivity index (χ4n) is 6.04. The second-order valence-electron chi connectivity index (χ2n) is 10.6. The van der Waals surface area contributed by atoms with Gasteiger partial charge >= 0.3 is 6.18 Å². The lowest BCUT2D eigenvalue weighted by Gasteiger charge is -2.41. The molecule has 0 amide bonds. The van der Waals surface area contributed by atoms with Crippen LogP contribution in [0.25, 0.3) is 10.9 Å². The Hall–Kier alpha value is -2.72. The number of aromatic nitrogens is 1. The molecule has 2 aromatic carbocycles. The average Bonchev–Trinajstić information content (AvgIpc) is 3.41. The first-order valence-corrected chi connectivity index (χ1v) is 13.0. The normalized spacial score (nSPS) is 22.8. The molecule has 2 aliphatic rings. The Balaban J connectivity index is 1.52. The van der Waals surface area contributed by atoms with E-state index >= 15 is 8.78 Å². The number of aromatic amines is 1.